The third kappa shape index (κ3) is 2.94. The maximum absolute atomic E-state index is 4.31. The number of rotatable bonds is 5. The molecule has 0 aliphatic rings. The number of hydrogen-bond donors (Lipinski definition) is 1. The zero-order chi connectivity index (χ0) is 11.2. The monoisotopic (exact) mass is 215 g/mol. The molecule has 1 N–H and O–H groups in total. The molecule has 0 saturated heterocycles. The van der Waals surface area contributed by atoms with Gasteiger partial charge < -0.3 is 9.88 Å². The number of aromatic nitrogens is 2. The van der Waals surface area contributed by atoms with E-state index in [0.29, 0.717) is 0 Å². The third-order valence-electron chi connectivity index (χ3n) is 2.54. The van der Waals surface area contributed by atoms with Gasteiger partial charge in [0.1, 0.15) is 0 Å². The Labute approximate surface area is 96.1 Å². The van der Waals surface area contributed by atoms with Crippen molar-refractivity contribution in [2.45, 2.75) is 19.5 Å². The summed E-state index contributed by atoms with van der Waals surface area (Å²) < 4.78 is 2.21. The van der Waals surface area contributed by atoms with Gasteiger partial charge in [-0.05, 0) is 30.8 Å². The number of nitrogens with zero attached hydrogens (tertiary/aromatic N) is 2. The third-order valence-corrected chi connectivity index (χ3v) is 2.54. The lowest BCUT2D eigenvalue weighted by Crippen LogP contribution is -2.04. The summed E-state index contributed by atoms with van der Waals surface area (Å²) in [6, 6.07) is 8.20. The second-order valence-electron chi connectivity index (χ2n) is 3.86. The molecule has 0 amide bonds. The van der Waals surface area contributed by atoms with Crippen molar-refractivity contribution >= 4 is 0 Å². The van der Waals surface area contributed by atoms with Crippen LogP contribution in [0.3, 0.4) is 0 Å². The second kappa shape index (κ2) is 5.47. The molecule has 0 unspecified atom stereocenters. The van der Waals surface area contributed by atoms with E-state index >= 15 is 0 Å². The lowest BCUT2D eigenvalue weighted by molar-refractivity contribution is 0.685. The highest BCUT2D eigenvalue weighted by molar-refractivity contribution is 5.10. The first-order valence-corrected chi connectivity index (χ1v) is 5.57. The van der Waals surface area contributed by atoms with E-state index in [2.05, 4.69) is 39.4 Å². The van der Waals surface area contributed by atoms with Crippen molar-refractivity contribution in [1.82, 2.24) is 14.9 Å². The highest BCUT2D eigenvalue weighted by Crippen LogP contribution is 2.03. The minimum atomic E-state index is 0.927. The Hall–Kier alpha value is -1.61. The van der Waals surface area contributed by atoms with Crippen molar-refractivity contribution in [3.8, 4) is 0 Å². The summed E-state index contributed by atoms with van der Waals surface area (Å²) in [5.74, 6) is 0. The van der Waals surface area contributed by atoms with E-state index in [0.717, 1.165) is 25.2 Å². The molecular formula is C13H17N3. The molecule has 16 heavy (non-hydrogen) atoms. The zero-order valence-corrected chi connectivity index (χ0v) is 9.56. The van der Waals surface area contributed by atoms with Crippen LogP contribution in [0.2, 0.25) is 0 Å². The van der Waals surface area contributed by atoms with E-state index < -0.39 is 0 Å². The SMILES string of the molecule is CNCc1ccn(CCc2ccccn2)c1. The van der Waals surface area contributed by atoms with Crippen LogP contribution in [-0.2, 0) is 19.5 Å². The van der Waals surface area contributed by atoms with Crippen LogP contribution in [-0.4, -0.2) is 16.6 Å². The molecule has 2 rings (SSSR count). The molecule has 2 aromatic rings. The van der Waals surface area contributed by atoms with Crippen LogP contribution >= 0.6 is 0 Å². The number of aryl methyl sites for hydroxylation is 2. The Morgan fingerprint density at radius 2 is 2.25 bits per heavy atom. The Bertz CT molecular complexity index is 420. The van der Waals surface area contributed by atoms with Gasteiger partial charge in [-0.1, -0.05) is 6.07 Å². The van der Waals surface area contributed by atoms with Gasteiger partial charge >= 0.3 is 0 Å². The van der Waals surface area contributed by atoms with Crippen LogP contribution in [0.25, 0.3) is 0 Å². The molecule has 0 atom stereocenters. The van der Waals surface area contributed by atoms with Gasteiger partial charge in [-0.2, -0.15) is 0 Å². The lowest BCUT2D eigenvalue weighted by atomic mass is 10.3. The molecular weight excluding hydrogens is 198 g/mol. The molecule has 0 aromatic carbocycles. The van der Waals surface area contributed by atoms with E-state index in [1.54, 1.807) is 0 Å². The molecule has 0 bridgehead atoms. The summed E-state index contributed by atoms with van der Waals surface area (Å²) in [5, 5.41) is 3.15. The average molecular weight is 215 g/mol. The van der Waals surface area contributed by atoms with Gasteiger partial charge in [-0.25, -0.2) is 0 Å². The first kappa shape index (κ1) is 10.9. The standard InChI is InChI=1S/C13H17N3/c1-14-10-12-5-8-16(11-12)9-6-13-4-2-3-7-15-13/h2-5,7-8,11,14H,6,9-10H2,1H3. The maximum atomic E-state index is 4.31. The average Bonchev–Trinajstić information content (AvgIpc) is 2.76. The van der Waals surface area contributed by atoms with Crippen molar-refractivity contribution in [1.29, 1.82) is 0 Å². The normalized spacial score (nSPS) is 10.6. The zero-order valence-electron chi connectivity index (χ0n) is 9.56. The molecule has 0 fully saturated rings. The lowest BCUT2D eigenvalue weighted by Gasteiger charge is -2.02. The van der Waals surface area contributed by atoms with Crippen molar-refractivity contribution < 1.29 is 0 Å². The molecule has 0 radical (unpaired) electrons. The van der Waals surface area contributed by atoms with Crippen LogP contribution in [0.4, 0.5) is 0 Å². The molecule has 84 valence electrons. The second-order valence-corrected chi connectivity index (χ2v) is 3.86. The van der Waals surface area contributed by atoms with Gasteiger partial charge in [0.15, 0.2) is 0 Å². The highest BCUT2D eigenvalue weighted by atomic mass is 14.9. The fourth-order valence-electron chi connectivity index (χ4n) is 1.73. The van der Waals surface area contributed by atoms with Crippen LogP contribution in [0.1, 0.15) is 11.3 Å². The van der Waals surface area contributed by atoms with Gasteiger partial charge in [0, 0.05) is 43.8 Å². The molecule has 2 heterocycles. The van der Waals surface area contributed by atoms with E-state index in [9.17, 15) is 0 Å². The quantitative estimate of drug-likeness (QED) is 0.825. The van der Waals surface area contributed by atoms with Gasteiger partial charge in [0.25, 0.3) is 0 Å². The Balaban J connectivity index is 1.89. The number of pyridine rings is 1. The van der Waals surface area contributed by atoms with E-state index in [1.165, 1.54) is 5.56 Å². The molecule has 2 aromatic heterocycles. The molecule has 0 saturated carbocycles. The molecule has 3 nitrogen and oxygen atoms in total. The summed E-state index contributed by atoms with van der Waals surface area (Å²) in [4.78, 5) is 4.31. The summed E-state index contributed by atoms with van der Waals surface area (Å²) in [5.41, 5.74) is 2.47. The van der Waals surface area contributed by atoms with E-state index in [1.807, 2.05) is 25.4 Å². The van der Waals surface area contributed by atoms with Gasteiger partial charge in [0.2, 0.25) is 0 Å². The van der Waals surface area contributed by atoms with E-state index in [-0.39, 0.29) is 0 Å². The Kier molecular flexibility index (Phi) is 3.72. The van der Waals surface area contributed by atoms with Crippen molar-refractivity contribution in [2.24, 2.45) is 0 Å². The number of hydrogen-bond acceptors (Lipinski definition) is 2. The molecule has 0 aliphatic heterocycles. The first-order valence-electron chi connectivity index (χ1n) is 5.57. The number of nitrogens with one attached hydrogen (secondary N) is 1. The minimum Gasteiger partial charge on any atom is -0.354 e. The first-order chi connectivity index (χ1) is 7.88. The van der Waals surface area contributed by atoms with Crippen molar-refractivity contribution in [3.05, 3.63) is 54.1 Å². The highest BCUT2D eigenvalue weighted by Gasteiger charge is 1.97. The summed E-state index contributed by atoms with van der Waals surface area (Å²) >= 11 is 0. The predicted octanol–water partition coefficient (Wildman–Crippen LogP) is 1.85. The summed E-state index contributed by atoms with van der Waals surface area (Å²) in [7, 11) is 1.96. The molecule has 0 aliphatic carbocycles. The largest absolute Gasteiger partial charge is 0.354 e. The van der Waals surface area contributed by atoms with Gasteiger partial charge in [-0.15, -0.1) is 0 Å². The summed E-state index contributed by atoms with van der Waals surface area (Å²) in [6.45, 7) is 1.91. The fraction of sp³-hybridized carbons (Fsp3) is 0.308. The molecule has 3 heteroatoms. The maximum Gasteiger partial charge on any atom is 0.0421 e. The van der Waals surface area contributed by atoms with Crippen molar-refractivity contribution in [2.75, 3.05) is 7.05 Å². The van der Waals surface area contributed by atoms with Gasteiger partial charge in [-0.3, -0.25) is 4.98 Å². The predicted molar refractivity (Wildman–Crippen MR) is 65.1 cm³/mol. The van der Waals surface area contributed by atoms with E-state index in [4.69, 9.17) is 0 Å². The Morgan fingerprint density at radius 1 is 1.31 bits per heavy atom. The van der Waals surface area contributed by atoms with Gasteiger partial charge in [0.05, 0.1) is 0 Å². The minimum absolute atomic E-state index is 0.927. The summed E-state index contributed by atoms with van der Waals surface area (Å²) in [6.07, 6.45) is 7.13. The smallest absolute Gasteiger partial charge is 0.0421 e. The van der Waals surface area contributed by atoms with Crippen LogP contribution in [0, 0.1) is 0 Å². The van der Waals surface area contributed by atoms with Crippen molar-refractivity contribution in [3.63, 3.8) is 0 Å². The fourth-order valence-corrected chi connectivity index (χ4v) is 1.73. The molecule has 0 spiro atoms. The van der Waals surface area contributed by atoms with Crippen LogP contribution in [0.5, 0.6) is 0 Å². The topological polar surface area (TPSA) is 29.9 Å². The van der Waals surface area contributed by atoms with Crippen LogP contribution < -0.4 is 5.32 Å². The Morgan fingerprint density at radius 3 is 3.00 bits per heavy atom. The van der Waals surface area contributed by atoms with Crippen LogP contribution in [0.15, 0.2) is 42.9 Å².